The van der Waals surface area contributed by atoms with Crippen molar-refractivity contribution < 1.29 is 0 Å². The van der Waals surface area contributed by atoms with E-state index in [-0.39, 0.29) is 0 Å². The van der Waals surface area contributed by atoms with E-state index in [1.807, 2.05) is 12.1 Å². The van der Waals surface area contributed by atoms with E-state index in [0.717, 1.165) is 31.9 Å². The van der Waals surface area contributed by atoms with E-state index in [2.05, 4.69) is 22.0 Å². The summed E-state index contributed by atoms with van der Waals surface area (Å²) < 4.78 is 0. The van der Waals surface area contributed by atoms with Crippen LogP contribution in [-0.2, 0) is 0 Å². The van der Waals surface area contributed by atoms with E-state index in [9.17, 15) is 4.91 Å². The van der Waals surface area contributed by atoms with E-state index in [1.54, 1.807) is 6.07 Å². The topological polar surface area (TPSA) is 35.9 Å². The summed E-state index contributed by atoms with van der Waals surface area (Å²) in [6.45, 7) is 4.07. The van der Waals surface area contributed by atoms with Gasteiger partial charge < -0.3 is 9.80 Å². The van der Waals surface area contributed by atoms with Gasteiger partial charge >= 0.3 is 0 Å². The lowest BCUT2D eigenvalue weighted by Crippen LogP contribution is -2.44. The van der Waals surface area contributed by atoms with E-state index >= 15 is 0 Å². The van der Waals surface area contributed by atoms with Crippen LogP contribution in [0.5, 0.6) is 0 Å². The van der Waals surface area contributed by atoms with Crippen LogP contribution in [0, 0.1) is 4.91 Å². The molecule has 0 saturated carbocycles. The first-order valence-electron chi connectivity index (χ1n) is 5.27. The van der Waals surface area contributed by atoms with Gasteiger partial charge in [0.15, 0.2) is 0 Å². The summed E-state index contributed by atoms with van der Waals surface area (Å²) >= 11 is 5.95. The van der Waals surface area contributed by atoms with Crippen LogP contribution in [0.1, 0.15) is 0 Å². The van der Waals surface area contributed by atoms with Crippen LogP contribution in [0.25, 0.3) is 0 Å². The van der Waals surface area contributed by atoms with Crippen molar-refractivity contribution in [3.8, 4) is 0 Å². The number of benzene rings is 1. The highest BCUT2D eigenvalue weighted by molar-refractivity contribution is 6.33. The molecule has 0 unspecified atom stereocenters. The maximum atomic E-state index is 10.4. The Labute approximate surface area is 99.8 Å². The third kappa shape index (κ3) is 2.33. The molecule has 0 bridgehead atoms. The predicted octanol–water partition coefficient (Wildman–Crippen LogP) is 2.49. The zero-order valence-electron chi connectivity index (χ0n) is 9.19. The van der Waals surface area contributed by atoms with Crippen molar-refractivity contribution in [1.29, 1.82) is 0 Å². The number of rotatable bonds is 2. The Hall–Kier alpha value is -1.13. The third-order valence-electron chi connectivity index (χ3n) is 2.90. The molecule has 0 radical (unpaired) electrons. The molecule has 4 nitrogen and oxygen atoms in total. The minimum atomic E-state index is 0.305. The molecular formula is C11H14ClN3O. The zero-order chi connectivity index (χ0) is 11.5. The van der Waals surface area contributed by atoms with Crippen molar-refractivity contribution in [3.63, 3.8) is 0 Å². The summed E-state index contributed by atoms with van der Waals surface area (Å²) in [6.07, 6.45) is 0. The van der Waals surface area contributed by atoms with E-state index in [4.69, 9.17) is 11.6 Å². The smallest absolute Gasteiger partial charge is 0.126 e. The number of nitroso groups, excluding NO2 is 1. The standard InChI is InChI=1S/C11H14ClN3O/c1-14-4-6-15(7-5-14)9-2-3-11(13-16)10(12)8-9/h2-3,8H,4-7H2,1H3. The maximum Gasteiger partial charge on any atom is 0.126 e. The molecule has 86 valence electrons. The van der Waals surface area contributed by atoms with Gasteiger partial charge in [-0.2, -0.15) is 0 Å². The van der Waals surface area contributed by atoms with Crippen LogP contribution in [0.3, 0.4) is 0 Å². The van der Waals surface area contributed by atoms with Gasteiger partial charge in [0.05, 0.1) is 5.02 Å². The van der Waals surface area contributed by atoms with E-state index in [1.165, 1.54) is 0 Å². The minimum absolute atomic E-state index is 0.305. The Kier molecular flexibility index (Phi) is 3.41. The highest BCUT2D eigenvalue weighted by Gasteiger charge is 2.15. The number of hydrogen-bond acceptors (Lipinski definition) is 4. The molecule has 0 spiro atoms. The summed E-state index contributed by atoms with van der Waals surface area (Å²) in [6, 6.07) is 5.38. The first kappa shape index (κ1) is 11.4. The number of piperazine rings is 1. The lowest BCUT2D eigenvalue weighted by molar-refractivity contribution is 0.313. The molecule has 0 atom stereocenters. The molecule has 1 fully saturated rings. The fourth-order valence-electron chi connectivity index (χ4n) is 1.83. The van der Waals surface area contributed by atoms with Crippen LogP contribution >= 0.6 is 11.6 Å². The van der Waals surface area contributed by atoms with Crippen molar-refractivity contribution in [2.45, 2.75) is 0 Å². The van der Waals surface area contributed by atoms with Crippen molar-refractivity contribution in [3.05, 3.63) is 28.1 Å². The number of anilines is 1. The molecule has 1 saturated heterocycles. The summed E-state index contributed by atoms with van der Waals surface area (Å²) in [5, 5.41) is 3.28. The van der Waals surface area contributed by atoms with Gasteiger partial charge in [0, 0.05) is 31.9 Å². The summed E-state index contributed by atoms with van der Waals surface area (Å²) in [7, 11) is 2.11. The Morgan fingerprint density at radius 2 is 1.94 bits per heavy atom. The molecule has 5 heteroatoms. The second-order valence-electron chi connectivity index (χ2n) is 4.02. The van der Waals surface area contributed by atoms with Crippen LogP contribution in [0.2, 0.25) is 5.02 Å². The second-order valence-corrected chi connectivity index (χ2v) is 4.42. The molecule has 0 amide bonds. The lowest BCUT2D eigenvalue weighted by Gasteiger charge is -2.34. The van der Waals surface area contributed by atoms with Gasteiger partial charge in [-0.05, 0) is 30.4 Å². The van der Waals surface area contributed by atoms with Gasteiger partial charge in [0.25, 0.3) is 0 Å². The number of halogens is 1. The van der Waals surface area contributed by atoms with Gasteiger partial charge in [-0.25, -0.2) is 0 Å². The average Bonchev–Trinajstić information content (AvgIpc) is 2.30. The fourth-order valence-corrected chi connectivity index (χ4v) is 2.04. The van der Waals surface area contributed by atoms with Crippen molar-refractivity contribution in [2.24, 2.45) is 5.18 Å². The summed E-state index contributed by atoms with van der Waals surface area (Å²) in [5.74, 6) is 0. The Bertz CT molecular complexity index is 389. The van der Waals surface area contributed by atoms with Gasteiger partial charge in [0.2, 0.25) is 0 Å². The molecule has 1 aliphatic rings. The van der Waals surface area contributed by atoms with Crippen molar-refractivity contribution in [1.82, 2.24) is 4.90 Å². The number of hydrogen-bond donors (Lipinski definition) is 0. The first-order chi connectivity index (χ1) is 7.70. The molecule has 0 aliphatic carbocycles. The predicted molar refractivity (Wildman–Crippen MR) is 66.6 cm³/mol. The Morgan fingerprint density at radius 3 is 2.50 bits per heavy atom. The molecule has 1 aliphatic heterocycles. The highest BCUT2D eigenvalue weighted by Crippen LogP contribution is 2.29. The molecule has 1 aromatic carbocycles. The fraction of sp³-hybridized carbons (Fsp3) is 0.455. The normalized spacial score (nSPS) is 17.5. The molecule has 0 N–H and O–H groups in total. The Morgan fingerprint density at radius 1 is 1.25 bits per heavy atom. The monoisotopic (exact) mass is 239 g/mol. The number of likely N-dealkylation sites (N-methyl/N-ethyl adjacent to an activating group) is 1. The minimum Gasteiger partial charge on any atom is -0.369 e. The quantitative estimate of drug-likeness (QED) is 0.744. The van der Waals surface area contributed by atoms with Gasteiger partial charge in [-0.1, -0.05) is 11.6 Å². The van der Waals surface area contributed by atoms with Crippen molar-refractivity contribution in [2.75, 3.05) is 38.1 Å². The van der Waals surface area contributed by atoms with Crippen LogP contribution in [0.15, 0.2) is 23.4 Å². The largest absolute Gasteiger partial charge is 0.369 e. The summed E-state index contributed by atoms with van der Waals surface area (Å²) in [5.41, 5.74) is 1.37. The average molecular weight is 240 g/mol. The van der Waals surface area contributed by atoms with Crippen LogP contribution < -0.4 is 4.90 Å². The lowest BCUT2D eigenvalue weighted by atomic mass is 10.2. The van der Waals surface area contributed by atoms with E-state index in [0.29, 0.717) is 10.7 Å². The maximum absolute atomic E-state index is 10.4. The second kappa shape index (κ2) is 4.80. The molecular weight excluding hydrogens is 226 g/mol. The molecule has 2 rings (SSSR count). The molecule has 0 aromatic heterocycles. The summed E-state index contributed by atoms with van der Waals surface area (Å²) in [4.78, 5) is 15.0. The van der Waals surface area contributed by atoms with Gasteiger partial charge in [-0.3, -0.25) is 0 Å². The zero-order valence-corrected chi connectivity index (χ0v) is 9.94. The SMILES string of the molecule is CN1CCN(c2ccc(N=O)c(Cl)c2)CC1. The number of nitrogens with zero attached hydrogens (tertiary/aromatic N) is 3. The molecule has 1 heterocycles. The molecule has 16 heavy (non-hydrogen) atoms. The Balaban J connectivity index is 2.15. The van der Waals surface area contributed by atoms with Gasteiger partial charge in [-0.15, -0.1) is 4.91 Å². The van der Waals surface area contributed by atoms with E-state index < -0.39 is 0 Å². The highest BCUT2D eigenvalue weighted by atomic mass is 35.5. The van der Waals surface area contributed by atoms with Crippen molar-refractivity contribution >= 4 is 23.0 Å². The van der Waals surface area contributed by atoms with Crippen LogP contribution in [0.4, 0.5) is 11.4 Å². The third-order valence-corrected chi connectivity index (χ3v) is 3.20. The molecule has 1 aromatic rings. The first-order valence-corrected chi connectivity index (χ1v) is 5.65. The van der Waals surface area contributed by atoms with Crippen LogP contribution in [-0.4, -0.2) is 38.1 Å². The van der Waals surface area contributed by atoms with Gasteiger partial charge in [0.1, 0.15) is 5.69 Å².